The highest BCUT2D eigenvalue weighted by Crippen LogP contribution is 2.30. The lowest BCUT2D eigenvalue weighted by Crippen LogP contribution is -2.38. The highest BCUT2D eigenvalue weighted by Gasteiger charge is 2.31. The Morgan fingerprint density at radius 2 is 2.00 bits per heavy atom. The lowest BCUT2D eigenvalue weighted by molar-refractivity contribution is 0.327. The fourth-order valence-corrected chi connectivity index (χ4v) is 3.23. The number of halogens is 1. The van der Waals surface area contributed by atoms with Crippen molar-refractivity contribution in [1.29, 1.82) is 0 Å². The molecule has 0 saturated heterocycles. The Morgan fingerprint density at radius 1 is 1.25 bits per heavy atom. The Labute approximate surface area is 126 Å². The average Bonchev–Trinajstić information content (AvgIpc) is 3.02. The summed E-state index contributed by atoms with van der Waals surface area (Å²) in [6.07, 6.45) is 5.87. The summed E-state index contributed by atoms with van der Waals surface area (Å²) in [4.78, 5) is 4.48. The van der Waals surface area contributed by atoms with Crippen LogP contribution in [0.3, 0.4) is 0 Å². The average molecular weight is 336 g/mol. The lowest BCUT2D eigenvalue weighted by Gasteiger charge is -2.20. The smallest absolute Gasteiger partial charge is 0.228 e. The van der Waals surface area contributed by atoms with Gasteiger partial charge in [-0.05, 0) is 24.5 Å². The van der Waals surface area contributed by atoms with Crippen LogP contribution in [-0.2, 0) is 12.8 Å². The van der Waals surface area contributed by atoms with Crippen molar-refractivity contribution in [3.05, 3.63) is 46.0 Å². The molecule has 106 valence electrons. The molecule has 20 heavy (non-hydrogen) atoms. The van der Waals surface area contributed by atoms with Gasteiger partial charge in [0, 0.05) is 22.9 Å². The van der Waals surface area contributed by atoms with E-state index in [-0.39, 0.29) is 5.54 Å². The number of rotatable bonds is 4. The molecule has 1 aromatic carbocycles. The van der Waals surface area contributed by atoms with Crippen LogP contribution in [0.2, 0.25) is 0 Å². The summed E-state index contributed by atoms with van der Waals surface area (Å²) in [6.45, 7) is 0. The van der Waals surface area contributed by atoms with Crippen molar-refractivity contribution < 1.29 is 4.52 Å². The predicted octanol–water partition coefficient (Wildman–Crippen LogP) is 3.24. The molecule has 1 saturated carbocycles. The minimum absolute atomic E-state index is 0.142. The van der Waals surface area contributed by atoms with Crippen molar-refractivity contribution in [2.24, 2.45) is 5.73 Å². The third-order valence-corrected chi connectivity index (χ3v) is 4.69. The Morgan fingerprint density at radius 3 is 2.75 bits per heavy atom. The third kappa shape index (κ3) is 3.10. The van der Waals surface area contributed by atoms with Gasteiger partial charge in [-0.1, -0.05) is 52.1 Å². The highest BCUT2D eigenvalue weighted by atomic mass is 79.9. The third-order valence-electron chi connectivity index (χ3n) is 3.92. The molecule has 0 radical (unpaired) electrons. The van der Waals surface area contributed by atoms with Gasteiger partial charge in [0.2, 0.25) is 5.89 Å². The summed E-state index contributed by atoms with van der Waals surface area (Å²) in [6, 6.07) is 8.08. The normalized spacial score (nSPS) is 17.5. The molecule has 3 rings (SSSR count). The van der Waals surface area contributed by atoms with Gasteiger partial charge in [0.1, 0.15) is 0 Å². The van der Waals surface area contributed by atoms with Gasteiger partial charge in [-0.15, -0.1) is 0 Å². The van der Waals surface area contributed by atoms with Crippen LogP contribution in [0.5, 0.6) is 0 Å². The zero-order chi connectivity index (χ0) is 14.0. The van der Waals surface area contributed by atoms with Crippen molar-refractivity contribution in [2.75, 3.05) is 0 Å². The van der Waals surface area contributed by atoms with E-state index < -0.39 is 0 Å². The maximum atomic E-state index is 6.34. The quantitative estimate of drug-likeness (QED) is 0.931. The molecular weight excluding hydrogens is 318 g/mol. The van der Waals surface area contributed by atoms with Crippen LogP contribution in [0.15, 0.2) is 33.3 Å². The maximum absolute atomic E-state index is 6.34. The van der Waals surface area contributed by atoms with Crippen LogP contribution < -0.4 is 5.73 Å². The number of hydrogen-bond donors (Lipinski definition) is 1. The van der Waals surface area contributed by atoms with Gasteiger partial charge in [0.25, 0.3) is 0 Å². The first-order chi connectivity index (χ1) is 9.65. The van der Waals surface area contributed by atoms with E-state index in [0.29, 0.717) is 24.6 Å². The SMILES string of the molecule is NC1(Cc2nc(Cc3ccccc3Br)no2)CCCC1. The van der Waals surface area contributed by atoms with E-state index in [9.17, 15) is 0 Å². The van der Waals surface area contributed by atoms with Crippen molar-refractivity contribution in [3.8, 4) is 0 Å². The fraction of sp³-hybridized carbons (Fsp3) is 0.467. The fourth-order valence-electron chi connectivity index (χ4n) is 2.80. The van der Waals surface area contributed by atoms with Crippen LogP contribution in [-0.4, -0.2) is 15.7 Å². The first kappa shape index (κ1) is 13.8. The monoisotopic (exact) mass is 335 g/mol. The van der Waals surface area contributed by atoms with Gasteiger partial charge >= 0.3 is 0 Å². The molecular formula is C15H18BrN3O. The van der Waals surface area contributed by atoms with Gasteiger partial charge in [-0.3, -0.25) is 0 Å². The molecule has 1 aromatic heterocycles. The summed E-state index contributed by atoms with van der Waals surface area (Å²) in [5, 5.41) is 4.06. The van der Waals surface area contributed by atoms with Crippen molar-refractivity contribution in [2.45, 2.75) is 44.1 Å². The summed E-state index contributed by atoms with van der Waals surface area (Å²) in [5.74, 6) is 1.38. The molecule has 0 amide bonds. The zero-order valence-corrected chi connectivity index (χ0v) is 12.9. The van der Waals surface area contributed by atoms with Crippen LogP contribution in [0.1, 0.15) is 43.0 Å². The Balaban J connectivity index is 1.69. The first-order valence-corrected chi connectivity index (χ1v) is 7.78. The van der Waals surface area contributed by atoms with Crippen LogP contribution in [0.4, 0.5) is 0 Å². The largest absolute Gasteiger partial charge is 0.339 e. The van der Waals surface area contributed by atoms with Crippen molar-refractivity contribution in [3.63, 3.8) is 0 Å². The number of nitrogens with zero attached hydrogens (tertiary/aromatic N) is 2. The van der Waals surface area contributed by atoms with E-state index in [4.69, 9.17) is 10.3 Å². The van der Waals surface area contributed by atoms with E-state index in [2.05, 4.69) is 32.1 Å². The molecule has 1 aliphatic carbocycles. The van der Waals surface area contributed by atoms with Gasteiger partial charge in [0.05, 0.1) is 0 Å². The summed E-state index contributed by atoms with van der Waals surface area (Å²) < 4.78 is 6.41. The Kier molecular flexibility index (Phi) is 3.89. The van der Waals surface area contributed by atoms with E-state index in [0.717, 1.165) is 22.9 Å². The molecule has 0 spiro atoms. The molecule has 5 heteroatoms. The molecule has 1 aliphatic rings. The topological polar surface area (TPSA) is 64.9 Å². The maximum Gasteiger partial charge on any atom is 0.228 e. The number of nitrogens with two attached hydrogens (primary N) is 1. The second kappa shape index (κ2) is 5.66. The predicted molar refractivity (Wildman–Crippen MR) is 80.3 cm³/mol. The van der Waals surface area contributed by atoms with E-state index in [1.54, 1.807) is 0 Å². The second-order valence-electron chi connectivity index (χ2n) is 5.62. The summed E-state index contributed by atoms with van der Waals surface area (Å²) in [7, 11) is 0. The molecule has 2 aromatic rings. The minimum Gasteiger partial charge on any atom is -0.339 e. The molecule has 4 nitrogen and oxygen atoms in total. The molecule has 0 atom stereocenters. The van der Waals surface area contributed by atoms with Crippen molar-refractivity contribution in [1.82, 2.24) is 10.1 Å². The second-order valence-corrected chi connectivity index (χ2v) is 6.47. The zero-order valence-electron chi connectivity index (χ0n) is 11.3. The number of benzene rings is 1. The van der Waals surface area contributed by atoms with Crippen LogP contribution in [0.25, 0.3) is 0 Å². The highest BCUT2D eigenvalue weighted by molar-refractivity contribution is 9.10. The number of aromatic nitrogens is 2. The standard InChI is InChI=1S/C15H18BrN3O/c16-12-6-2-1-5-11(12)9-13-18-14(20-19-13)10-15(17)7-3-4-8-15/h1-2,5-6H,3-4,7-10,17H2. The molecule has 2 N–H and O–H groups in total. The van der Waals surface area contributed by atoms with Crippen molar-refractivity contribution >= 4 is 15.9 Å². The molecule has 0 unspecified atom stereocenters. The van der Waals surface area contributed by atoms with Gasteiger partial charge in [-0.25, -0.2) is 0 Å². The van der Waals surface area contributed by atoms with E-state index >= 15 is 0 Å². The molecule has 0 bridgehead atoms. The van der Waals surface area contributed by atoms with E-state index in [1.165, 1.54) is 12.8 Å². The van der Waals surface area contributed by atoms with Gasteiger partial charge in [-0.2, -0.15) is 4.98 Å². The summed E-state index contributed by atoms with van der Waals surface area (Å²) in [5.41, 5.74) is 7.36. The van der Waals surface area contributed by atoms with Gasteiger partial charge in [0.15, 0.2) is 5.82 Å². The van der Waals surface area contributed by atoms with Crippen LogP contribution >= 0.6 is 15.9 Å². The van der Waals surface area contributed by atoms with E-state index in [1.807, 2.05) is 18.2 Å². The minimum atomic E-state index is -0.142. The van der Waals surface area contributed by atoms with Gasteiger partial charge < -0.3 is 10.3 Å². The molecule has 0 aliphatic heterocycles. The Bertz CT molecular complexity index is 590. The van der Waals surface area contributed by atoms with Crippen LogP contribution in [0, 0.1) is 0 Å². The lowest BCUT2D eigenvalue weighted by atomic mass is 9.95. The molecule has 1 heterocycles. The molecule has 1 fully saturated rings. The Hall–Kier alpha value is -1.20. The number of hydrogen-bond acceptors (Lipinski definition) is 4. The summed E-state index contributed by atoms with van der Waals surface area (Å²) >= 11 is 3.53. The first-order valence-electron chi connectivity index (χ1n) is 6.98.